The Balaban J connectivity index is 1.43. The Kier molecular flexibility index (Phi) is 4.72. The summed E-state index contributed by atoms with van der Waals surface area (Å²) in [5.41, 5.74) is 1.78. The maximum Gasteiger partial charge on any atom is 0.230 e. The SMILES string of the molecule is CN1C(=O)[C@H](c2ccccc2)CC12CCN(Cc1ccc(F)c(F)c1)CC2. The Hall–Kier alpha value is -2.27. The van der Waals surface area contributed by atoms with Gasteiger partial charge in [-0.1, -0.05) is 36.4 Å². The molecule has 5 heteroatoms. The summed E-state index contributed by atoms with van der Waals surface area (Å²) in [7, 11) is 1.93. The molecule has 0 bridgehead atoms. The van der Waals surface area contributed by atoms with Crippen molar-refractivity contribution in [3.63, 3.8) is 0 Å². The number of likely N-dealkylation sites (tertiary alicyclic amines) is 2. The molecule has 1 spiro atoms. The smallest absolute Gasteiger partial charge is 0.230 e. The monoisotopic (exact) mass is 370 g/mol. The molecule has 2 saturated heterocycles. The van der Waals surface area contributed by atoms with Crippen LogP contribution in [0, 0.1) is 11.6 Å². The second kappa shape index (κ2) is 7.04. The second-order valence-electron chi connectivity index (χ2n) is 7.81. The largest absolute Gasteiger partial charge is 0.339 e. The number of halogens is 2. The number of benzene rings is 2. The lowest BCUT2D eigenvalue weighted by Gasteiger charge is -2.43. The fourth-order valence-electron chi connectivity index (χ4n) is 4.58. The lowest BCUT2D eigenvalue weighted by Crippen LogP contribution is -2.51. The zero-order valence-corrected chi connectivity index (χ0v) is 15.5. The van der Waals surface area contributed by atoms with Crippen molar-refractivity contribution in [2.45, 2.75) is 37.3 Å². The van der Waals surface area contributed by atoms with E-state index >= 15 is 0 Å². The van der Waals surface area contributed by atoms with Gasteiger partial charge in [-0.2, -0.15) is 0 Å². The maximum absolute atomic E-state index is 13.4. The van der Waals surface area contributed by atoms with E-state index in [2.05, 4.69) is 4.90 Å². The third-order valence-corrected chi connectivity index (χ3v) is 6.30. The molecule has 0 N–H and O–H groups in total. The van der Waals surface area contributed by atoms with Crippen LogP contribution in [0.25, 0.3) is 0 Å². The number of carbonyl (C=O) groups is 1. The molecule has 0 aromatic heterocycles. The van der Waals surface area contributed by atoms with Crippen molar-refractivity contribution >= 4 is 5.91 Å². The molecule has 3 nitrogen and oxygen atoms in total. The maximum atomic E-state index is 13.4. The van der Waals surface area contributed by atoms with Gasteiger partial charge in [-0.25, -0.2) is 8.78 Å². The van der Waals surface area contributed by atoms with Gasteiger partial charge in [-0.15, -0.1) is 0 Å². The molecule has 0 radical (unpaired) electrons. The molecule has 2 fully saturated rings. The number of hydrogen-bond acceptors (Lipinski definition) is 2. The van der Waals surface area contributed by atoms with Gasteiger partial charge in [0.2, 0.25) is 5.91 Å². The molecule has 0 aliphatic carbocycles. The lowest BCUT2D eigenvalue weighted by atomic mass is 9.81. The standard InChI is InChI=1S/C22H24F2N2O/c1-25-21(27)18(17-5-3-2-4-6-17)14-22(25)9-11-26(12-10-22)15-16-7-8-19(23)20(24)13-16/h2-8,13,18H,9-12,14-15H2,1H3/t18-/m0/s1. The molecular formula is C22H24F2N2O. The molecule has 142 valence electrons. The molecule has 0 saturated carbocycles. The van der Waals surface area contributed by atoms with Gasteiger partial charge in [0.25, 0.3) is 0 Å². The van der Waals surface area contributed by atoms with Crippen LogP contribution in [0.4, 0.5) is 8.78 Å². The summed E-state index contributed by atoms with van der Waals surface area (Å²) < 4.78 is 26.5. The topological polar surface area (TPSA) is 23.6 Å². The predicted molar refractivity (Wildman–Crippen MR) is 100 cm³/mol. The number of nitrogens with zero attached hydrogens (tertiary/aromatic N) is 2. The summed E-state index contributed by atoms with van der Waals surface area (Å²) in [6.07, 6.45) is 2.66. The third-order valence-electron chi connectivity index (χ3n) is 6.30. The van der Waals surface area contributed by atoms with Crippen LogP contribution < -0.4 is 0 Å². The quantitative estimate of drug-likeness (QED) is 0.817. The van der Waals surface area contributed by atoms with Gasteiger partial charge in [0.15, 0.2) is 11.6 Å². The summed E-state index contributed by atoms with van der Waals surface area (Å²) in [5, 5.41) is 0. The average molecular weight is 370 g/mol. The fourth-order valence-corrected chi connectivity index (χ4v) is 4.58. The van der Waals surface area contributed by atoms with Crippen molar-refractivity contribution in [1.82, 2.24) is 9.80 Å². The fraction of sp³-hybridized carbons (Fsp3) is 0.409. The zero-order valence-electron chi connectivity index (χ0n) is 15.5. The molecule has 1 atom stereocenters. The number of hydrogen-bond donors (Lipinski definition) is 0. The molecule has 2 aliphatic rings. The first-order valence-corrected chi connectivity index (χ1v) is 9.47. The highest BCUT2D eigenvalue weighted by molar-refractivity contribution is 5.87. The first-order chi connectivity index (χ1) is 13.0. The van der Waals surface area contributed by atoms with Crippen molar-refractivity contribution < 1.29 is 13.6 Å². The first kappa shape index (κ1) is 18.1. The van der Waals surface area contributed by atoms with E-state index < -0.39 is 11.6 Å². The Morgan fingerprint density at radius 3 is 2.41 bits per heavy atom. The van der Waals surface area contributed by atoms with E-state index in [0.717, 1.165) is 43.5 Å². The van der Waals surface area contributed by atoms with Crippen LogP contribution in [0.2, 0.25) is 0 Å². The number of amides is 1. The van der Waals surface area contributed by atoms with E-state index in [1.807, 2.05) is 42.3 Å². The minimum absolute atomic E-state index is 0.0612. The van der Waals surface area contributed by atoms with Crippen LogP contribution in [-0.4, -0.2) is 41.4 Å². The molecule has 1 amide bonds. The summed E-state index contributed by atoms with van der Waals surface area (Å²) in [4.78, 5) is 17.1. The highest BCUT2D eigenvalue weighted by Gasteiger charge is 2.50. The summed E-state index contributed by atoms with van der Waals surface area (Å²) >= 11 is 0. The van der Waals surface area contributed by atoms with E-state index in [0.29, 0.717) is 6.54 Å². The number of carbonyl (C=O) groups excluding carboxylic acids is 1. The van der Waals surface area contributed by atoms with Gasteiger partial charge in [0, 0.05) is 32.2 Å². The normalized spacial score (nSPS) is 22.6. The van der Waals surface area contributed by atoms with Gasteiger partial charge in [0.1, 0.15) is 0 Å². The van der Waals surface area contributed by atoms with Crippen molar-refractivity contribution in [1.29, 1.82) is 0 Å². The zero-order chi connectivity index (χ0) is 19.0. The number of likely N-dealkylation sites (N-methyl/N-ethyl adjacent to an activating group) is 1. The van der Waals surface area contributed by atoms with Crippen LogP contribution in [0.3, 0.4) is 0 Å². The molecule has 2 aromatic rings. The summed E-state index contributed by atoms with van der Waals surface area (Å²) in [6, 6.07) is 14.1. The Morgan fingerprint density at radius 2 is 1.74 bits per heavy atom. The minimum Gasteiger partial charge on any atom is -0.339 e. The van der Waals surface area contributed by atoms with E-state index in [-0.39, 0.29) is 17.4 Å². The molecule has 27 heavy (non-hydrogen) atoms. The van der Waals surface area contributed by atoms with Crippen LogP contribution in [0.15, 0.2) is 48.5 Å². The van der Waals surface area contributed by atoms with Gasteiger partial charge in [0.05, 0.1) is 5.92 Å². The van der Waals surface area contributed by atoms with E-state index in [4.69, 9.17) is 0 Å². The van der Waals surface area contributed by atoms with Gasteiger partial charge >= 0.3 is 0 Å². The first-order valence-electron chi connectivity index (χ1n) is 9.47. The van der Waals surface area contributed by atoms with Crippen LogP contribution in [0.1, 0.15) is 36.3 Å². The van der Waals surface area contributed by atoms with Crippen molar-refractivity contribution in [2.24, 2.45) is 0 Å². The average Bonchev–Trinajstić information content (AvgIpc) is 2.93. The van der Waals surface area contributed by atoms with Gasteiger partial charge in [-0.05, 0) is 42.5 Å². The van der Waals surface area contributed by atoms with Crippen molar-refractivity contribution in [2.75, 3.05) is 20.1 Å². The Morgan fingerprint density at radius 1 is 1.04 bits per heavy atom. The third kappa shape index (κ3) is 3.36. The molecule has 0 unspecified atom stereocenters. The van der Waals surface area contributed by atoms with Gasteiger partial charge < -0.3 is 4.90 Å². The highest BCUT2D eigenvalue weighted by Crippen LogP contribution is 2.44. The van der Waals surface area contributed by atoms with Crippen LogP contribution >= 0.6 is 0 Å². The van der Waals surface area contributed by atoms with Crippen molar-refractivity contribution in [3.8, 4) is 0 Å². The van der Waals surface area contributed by atoms with Gasteiger partial charge in [-0.3, -0.25) is 9.69 Å². The molecule has 2 aromatic carbocycles. The molecule has 2 heterocycles. The van der Waals surface area contributed by atoms with E-state index in [9.17, 15) is 13.6 Å². The van der Waals surface area contributed by atoms with E-state index in [1.165, 1.54) is 12.1 Å². The predicted octanol–water partition coefficient (Wildman–Crippen LogP) is 3.95. The number of rotatable bonds is 3. The lowest BCUT2D eigenvalue weighted by molar-refractivity contribution is -0.131. The Labute approximate surface area is 158 Å². The van der Waals surface area contributed by atoms with Crippen LogP contribution in [-0.2, 0) is 11.3 Å². The summed E-state index contributed by atoms with van der Waals surface area (Å²) in [5.74, 6) is -1.47. The van der Waals surface area contributed by atoms with Crippen LogP contribution in [0.5, 0.6) is 0 Å². The minimum atomic E-state index is -0.811. The van der Waals surface area contributed by atoms with Crippen molar-refractivity contribution in [3.05, 3.63) is 71.3 Å². The molecular weight excluding hydrogens is 346 g/mol. The molecule has 2 aliphatic heterocycles. The van der Waals surface area contributed by atoms with E-state index in [1.54, 1.807) is 6.07 Å². The summed E-state index contributed by atoms with van der Waals surface area (Å²) in [6.45, 7) is 2.29. The highest BCUT2D eigenvalue weighted by atomic mass is 19.2. The second-order valence-corrected chi connectivity index (χ2v) is 7.81. The Bertz CT molecular complexity index is 831. The number of piperidine rings is 1. The molecule has 4 rings (SSSR count).